The van der Waals surface area contributed by atoms with Crippen LogP contribution < -0.4 is 4.74 Å². The zero-order chi connectivity index (χ0) is 18.8. The van der Waals surface area contributed by atoms with Crippen molar-refractivity contribution >= 4 is 5.91 Å². The molecule has 3 saturated heterocycles. The molecule has 0 N–H and O–H groups in total. The molecule has 2 bridgehead atoms. The van der Waals surface area contributed by atoms with Crippen molar-refractivity contribution in [1.82, 2.24) is 9.80 Å². The van der Waals surface area contributed by atoms with Crippen molar-refractivity contribution < 1.29 is 9.53 Å². The highest BCUT2D eigenvalue weighted by Gasteiger charge is 2.36. The lowest BCUT2D eigenvalue weighted by Gasteiger charge is -2.36. The quantitative estimate of drug-likeness (QED) is 0.828. The van der Waals surface area contributed by atoms with Gasteiger partial charge in [0, 0.05) is 37.8 Å². The Kier molecular flexibility index (Phi) is 5.17. The van der Waals surface area contributed by atoms with Gasteiger partial charge in [-0.15, -0.1) is 0 Å². The highest BCUT2D eigenvalue weighted by Crippen LogP contribution is 2.30. The fourth-order valence-electron chi connectivity index (χ4n) is 4.49. The number of carbonyl (C=O) groups is 1. The van der Waals surface area contributed by atoms with E-state index >= 15 is 0 Å². The molecule has 5 rings (SSSR count). The molecule has 3 heterocycles. The van der Waals surface area contributed by atoms with Crippen molar-refractivity contribution in [2.45, 2.75) is 32.4 Å². The summed E-state index contributed by atoms with van der Waals surface area (Å²) in [5.74, 6) is 1.47. The van der Waals surface area contributed by atoms with Gasteiger partial charge in [-0.25, -0.2) is 0 Å². The second-order valence-corrected chi connectivity index (χ2v) is 7.91. The van der Waals surface area contributed by atoms with E-state index in [-0.39, 0.29) is 5.91 Å². The summed E-state index contributed by atoms with van der Waals surface area (Å²) in [7, 11) is 1.66. The van der Waals surface area contributed by atoms with E-state index in [4.69, 9.17) is 4.74 Å². The first kappa shape index (κ1) is 18.1. The van der Waals surface area contributed by atoms with Gasteiger partial charge in [0.2, 0.25) is 0 Å². The highest BCUT2D eigenvalue weighted by atomic mass is 16.5. The Balaban J connectivity index is 1.50. The summed E-state index contributed by atoms with van der Waals surface area (Å²) in [6, 6.07) is 16.9. The number of fused-ring (bicyclic) bond motifs is 4. The lowest BCUT2D eigenvalue weighted by molar-refractivity contribution is 0.0735. The Morgan fingerprint density at radius 2 is 1.89 bits per heavy atom. The molecule has 0 saturated carbocycles. The van der Waals surface area contributed by atoms with Crippen LogP contribution in [-0.2, 0) is 6.54 Å². The summed E-state index contributed by atoms with van der Waals surface area (Å²) in [4.78, 5) is 17.8. The first-order chi connectivity index (χ1) is 13.1. The van der Waals surface area contributed by atoms with E-state index in [0.717, 1.165) is 43.1 Å². The van der Waals surface area contributed by atoms with Gasteiger partial charge >= 0.3 is 0 Å². The molecule has 1 amide bonds. The van der Waals surface area contributed by atoms with Gasteiger partial charge < -0.3 is 9.64 Å². The van der Waals surface area contributed by atoms with Gasteiger partial charge in [0.15, 0.2) is 0 Å². The Labute approximate surface area is 161 Å². The number of methoxy groups -OCH3 is 1. The summed E-state index contributed by atoms with van der Waals surface area (Å²) in [6.07, 6.45) is 2.40. The molecule has 2 aromatic rings. The molecule has 3 aliphatic rings. The van der Waals surface area contributed by atoms with Gasteiger partial charge in [-0.05, 0) is 48.9 Å². The van der Waals surface area contributed by atoms with Crippen molar-refractivity contribution in [2.24, 2.45) is 5.92 Å². The number of hydrogen-bond donors (Lipinski definition) is 0. The summed E-state index contributed by atoms with van der Waals surface area (Å²) >= 11 is 0. The zero-order valence-corrected chi connectivity index (χ0v) is 16.2. The number of hydrogen-bond acceptors (Lipinski definition) is 3. The summed E-state index contributed by atoms with van der Waals surface area (Å²) in [5.41, 5.74) is 3.14. The fraction of sp³-hybridized carbons (Fsp3) is 0.435. The molecule has 0 spiro atoms. The molecule has 4 heteroatoms. The average molecular weight is 364 g/mol. The molecule has 142 valence electrons. The summed E-state index contributed by atoms with van der Waals surface area (Å²) in [6.45, 7) is 5.73. The monoisotopic (exact) mass is 364 g/mol. The molecule has 4 nitrogen and oxygen atoms in total. The number of amides is 1. The Morgan fingerprint density at radius 1 is 1.07 bits per heavy atom. The maximum Gasteiger partial charge on any atom is 0.254 e. The van der Waals surface area contributed by atoms with Gasteiger partial charge in [-0.1, -0.05) is 36.4 Å². The third-order valence-electron chi connectivity index (χ3n) is 6.00. The molecule has 0 aromatic heterocycles. The van der Waals surface area contributed by atoms with E-state index in [0.29, 0.717) is 12.0 Å². The van der Waals surface area contributed by atoms with Crippen molar-refractivity contribution in [3.05, 3.63) is 65.2 Å². The minimum atomic E-state index is 0.131. The minimum absolute atomic E-state index is 0.131. The molecule has 0 unspecified atom stereocenters. The molecular weight excluding hydrogens is 336 g/mol. The van der Waals surface area contributed by atoms with Crippen molar-refractivity contribution in [3.63, 3.8) is 0 Å². The third kappa shape index (κ3) is 3.86. The minimum Gasteiger partial charge on any atom is -0.496 e. The number of nitrogens with zero attached hydrogens (tertiary/aromatic N) is 2. The highest BCUT2D eigenvalue weighted by molar-refractivity contribution is 5.94. The largest absolute Gasteiger partial charge is 0.496 e. The predicted molar refractivity (Wildman–Crippen MR) is 107 cm³/mol. The molecule has 27 heavy (non-hydrogen) atoms. The van der Waals surface area contributed by atoms with E-state index in [1.165, 1.54) is 18.4 Å². The van der Waals surface area contributed by atoms with E-state index in [1.54, 1.807) is 7.11 Å². The summed E-state index contributed by atoms with van der Waals surface area (Å²) < 4.78 is 5.41. The predicted octanol–water partition coefficient (Wildman–Crippen LogP) is 3.74. The number of aryl methyl sites for hydroxylation is 1. The third-order valence-corrected chi connectivity index (χ3v) is 6.00. The first-order valence-electron chi connectivity index (χ1n) is 9.86. The molecule has 2 atom stereocenters. The van der Waals surface area contributed by atoms with Crippen LogP contribution in [0.25, 0.3) is 0 Å². The fourth-order valence-corrected chi connectivity index (χ4v) is 4.49. The van der Waals surface area contributed by atoms with Crippen molar-refractivity contribution in [1.29, 1.82) is 0 Å². The lowest BCUT2D eigenvalue weighted by Crippen LogP contribution is -2.43. The van der Waals surface area contributed by atoms with Gasteiger partial charge in [-0.2, -0.15) is 0 Å². The SMILES string of the molecule is COc1cc(C(=O)N2C[C@@H]3CC[C@H](C2)N(Cc2ccccc2)C3)ccc1C. The van der Waals surface area contributed by atoms with Crippen LogP contribution in [0, 0.1) is 12.8 Å². The van der Waals surface area contributed by atoms with Crippen molar-refractivity contribution in [3.8, 4) is 5.75 Å². The van der Waals surface area contributed by atoms with E-state index in [1.807, 2.05) is 25.1 Å². The first-order valence-corrected chi connectivity index (χ1v) is 9.86. The van der Waals surface area contributed by atoms with Gasteiger partial charge in [-0.3, -0.25) is 9.69 Å². The Morgan fingerprint density at radius 3 is 2.67 bits per heavy atom. The maximum absolute atomic E-state index is 13.2. The number of carbonyl (C=O) groups excluding carboxylic acids is 1. The van der Waals surface area contributed by atoms with Crippen LogP contribution >= 0.6 is 0 Å². The number of piperidine rings is 1. The molecule has 2 aromatic carbocycles. The van der Waals surface area contributed by atoms with Crippen LogP contribution in [0.3, 0.4) is 0 Å². The lowest BCUT2D eigenvalue weighted by atomic mass is 9.94. The van der Waals surface area contributed by atoms with Crippen LogP contribution in [0.4, 0.5) is 0 Å². The molecule has 3 fully saturated rings. The topological polar surface area (TPSA) is 32.8 Å². The van der Waals surface area contributed by atoms with Crippen LogP contribution in [0.1, 0.15) is 34.3 Å². The van der Waals surface area contributed by atoms with E-state index < -0.39 is 0 Å². The standard InChI is InChI=1S/C23H28N2O2/c1-17-8-10-20(12-22(17)27-2)23(26)25-15-19-9-11-21(16-25)24(14-19)13-18-6-4-3-5-7-18/h3-8,10,12,19,21H,9,11,13-16H2,1-2H3/t19-,21-/m1/s1. The normalized spacial score (nSPS) is 22.5. The van der Waals surface area contributed by atoms with Gasteiger partial charge in [0.25, 0.3) is 5.91 Å². The smallest absolute Gasteiger partial charge is 0.254 e. The summed E-state index contributed by atoms with van der Waals surface area (Å²) in [5, 5.41) is 0. The Hall–Kier alpha value is -2.33. The average Bonchev–Trinajstić information content (AvgIpc) is 3.00. The zero-order valence-electron chi connectivity index (χ0n) is 16.2. The van der Waals surface area contributed by atoms with E-state index in [2.05, 4.69) is 40.1 Å². The van der Waals surface area contributed by atoms with Crippen LogP contribution in [0.15, 0.2) is 48.5 Å². The van der Waals surface area contributed by atoms with Crippen molar-refractivity contribution in [2.75, 3.05) is 26.7 Å². The van der Waals surface area contributed by atoms with Crippen LogP contribution in [0.5, 0.6) is 5.75 Å². The molecule has 0 aliphatic carbocycles. The number of rotatable bonds is 4. The molecular formula is C23H28N2O2. The second kappa shape index (κ2) is 7.73. The maximum atomic E-state index is 13.2. The second-order valence-electron chi connectivity index (χ2n) is 7.91. The Bertz CT molecular complexity index is 805. The molecule has 0 radical (unpaired) electrons. The van der Waals surface area contributed by atoms with Gasteiger partial charge in [0.05, 0.1) is 7.11 Å². The number of benzene rings is 2. The van der Waals surface area contributed by atoms with Crippen LogP contribution in [-0.4, -0.2) is 48.5 Å². The van der Waals surface area contributed by atoms with E-state index in [9.17, 15) is 4.79 Å². The van der Waals surface area contributed by atoms with Gasteiger partial charge in [0.1, 0.15) is 5.75 Å². The molecule has 3 aliphatic heterocycles. The van der Waals surface area contributed by atoms with Crippen LogP contribution in [0.2, 0.25) is 0 Å². The number of ether oxygens (including phenoxy) is 1.